The van der Waals surface area contributed by atoms with Crippen LogP contribution in [-0.4, -0.2) is 18.7 Å². The van der Waals surface area contributed by atoms with Crippen LogP contribution in [0.15, 0.2) is 18.2 Å². The molecule has 22 heavy (non-hydrogen) atoms. The van der Waals surface area contributed by atoms with Crippen molar-refractivity contribution >= 4 is 31.7 Å². The van der Waals surface area contributed by atoms with E-state index in [1.165, 1.54) is 17.4 Å². The Labute approximate surface area is 129 Å². The van der Waals surface area contributed by atoms with Gasteiger partial charge in [-0.25, -0.2) is 0 Å². The van der Waals surface area contributed by atoms with Gasteiger partial charge < -0.3 is 0 Å². The van der Waals surface area contributed by atoms with Crippen molar-refractivity contribution in [2.75, 3.05) is 5.75 Å². The minimum absolute atomic E-state index is 0.252. The van der Waals surface area contributed by atoms with E-state index in [1.54, 1.807) is 11.5 Å². The molecular weight excluding hydrogens is 339 g/mol. The lowest BCUT2D eigenvalue weighted by Gasteiger charge is -2.05. The SMILES string of the molecule is Cc1sc2ccc(C(F)(F)F)cc2[n+]1CCCCS(=O)(=O)O. The van der Waals surface area contributed by atoms with Crippen LogP contribution in [0.3, 0.4) is 0 Å². The third-order valence-electron chi connectivity index (χ3n) is 3.25. The second-order valence-electron chi connectivity index (χ2n) is 4.95. The van der Waals surface area contributed by atoms with E-state index in [2.05, 4.69) is 0 Å². The first-order valence-corrected chi connectivity index (χ1v) is 8.96. The van der Waals surface area contributed by atoms with E-state index < -0.39 is 21.9 Å². The van der Waals surface area contributed by atoms with Crippen LogP contribution in [0.2, 0.25) is 0 Å². The van der Waals surface area contributed by atoms with Gasteiger partial charge in [0.2, 0.25) is 10.5 Å². The number of halogens is 3. The van der Waals surface area contributed by atoms with Gasteiger partial charge in [-0.1, -0.05) is 11.3 Å². The maximum Gasteiger partial charge on any atom is 0.416 e. The summed E-state index contributed by atoms with van der Waals surface area (Å²) in [7, 11) is -4.00. The Morgan fingerprint density at radius 3 is 2.55 bits per heavy atom. The zero-order valence-corrected chi connectivity index (χ0v) is 13.4. The van der Waals surface area contributed by atoms with Crippen molar-refractivity contribution in [3.8, 4) is 0 Å². The van der Waals surface area contributed by atoms with Crippen LogP contribution in [0.4, 0.5) is 13.2 Å². The van der Waals surface area contributed by atoms with Crippen molar-refractivity contribution < 1.29 is 30.7 Å². The molecule has 9 heteroatoms. The average molecular weight is 354 g/mol. The van der Waals surface area contributed by atoms with Crippen LogP contribution >= 0.6 is 11.3 Å². The summed E-state index contributed by atoms with van der Waals surface area (Å²) >= 11 is 1.39. The first-order valence-electron chi connectivity index (χ1n) is 6.53. The Kier molecular flexibility index (Phi) is 4.78. The van der Waals surface area contributed by atoms with Crippen molar-refractivity contribution in [1.29, 1.82) is 0 Å². The number of hydrogen-bond donors (Lipinski definition) is 1. The third kappa shape index (κ3) is 4.17. The molecule has 0 saturated carbocycles. The number of unbranched alkanes of at least 4 members (excludes halogenated alkanes) is 1. The molecule has 0 spiro atoms. The minimum Gasteiger partial charge on any atom is -0.286 e. The van der Waals surface area contributed by atoms with Gasteiger partial charge in [0.05, 0.1) is 11.3 Å². The number of aromatic nitrogens is 1. The average Bonchev–Trinajstić information content (AvgIpc) is 2.67. The van der Waals surface area contributed by atoms with Crippen molar-refractivity contribution in [2.24, 2.45) is 0 Å². The molecule has 0 aliphatic heterocycles. The maximum absolute atomic E-state index is 12.8. The number of nitrogens with zero attached hydrogens (tertiary/aromatic N) is 1. The lowest BCUT2D eigenvalue weighted by atomic mass is 10.2. The molecule has 1 aromatic heterocycles. The topological polar surface area (TPSA) is 58.2 Å². The van der Waals surface area contributed by atoms with E-state index in [-0.39, 0.29) is 12.2 Å². The standard InChI is InChI=1S/C13H14F3NO3S2/c1-9-17(6-2-3-7-22(18,19)20)11-8-10(13(14,15)16)4-5-12(11)21-9/h4-5,8H,2-3,6-7H2,1H3/p+1. The molecule has 0 atom stereocenters. The maximum atomic E-state index is 12.8. The number of aryl methyl sites for hydroxylation is 2. The van der Waals surface area contributed by atoms with E-state index in [0.29, 0.717) is 18.5 Å². The number of benzene rings is 1. The van der Waals surface area contributed by atoms with Crippen LogP contribution in [0.25, 0.3) is 10.2 Å². The third-order valence-corrected chi connectivity index (χ3v) is 5.13. The normalized spacial score (nSPS) is 13.0. The quantitative estimate of drug-likeness (QED) is 0.510. The summed E-state index contributed by atoms with van der Waals surface area (Å²) in [6.07, 6.45) is -3.69. The molecule has 2 rings (SSSR count). The summed E-state index contributed by atoms with van der Waals surface area (Å²) in [4.78, 5) is 0. The number of fused-ring (bicyclic) bond motifs is 1. The molecule has 2 aromatic rings. The van der Waals surface area contributed by atoms with Crippen molar-refractivity contribution in [2.45, 2.75) is 32.5 Å². The lowest BCUT2D eigenvalue weighted by Crippen LogP contribution is -2.35. The summed E-state index contributed by atoms with van der Waals surface area (Å²) in [5.74, 6) is -0.345. The fourth-order valence-corrected chi connectivity index (χ4v) is 3.80. The molecule has 122 valence electrons. The van der Waals surface area contributed by atoms with E-state index in [0.717, 1.165) is 21.8 Å². The van der Waals surface area contributed by atoms with E-state index in [4.69, 9.17) is 4.55 Å². The van der Waals surface area contributed by atoms with Gasteiger partial charge in [0.1, 0.15) is 11.2 Å². The fraction of sp³-hybridized carbons (Fsp3) is 0.462. The highest BCUT2D eigenvalue weighted by Gasteiger charge is 2.32. The van der Waals surface area contributed by atoms with Gasteiger partial charge in [0, 0.05) is 19.4 Å². The van der Waals surface area contributed by atoms with Gasteiger partial charge >= 0.3 is 6.18 Å². The molecule has 0 fully saturated rings. The molecule has 0 bridgehead atoms. The molecule has 0 aliphatic carbocycles. The van der Waals surface area contributed by atoms with Gasteiger partial charge in [-0.05, 0) is 18.6 Å². The van der Waals surface area contributed by atoms with Crippen LogP contribution in [0, 0.1) is 6.92 Å². The van der Waals surface area contributed by atoms with E-state index >= 15 is 0 Å². The van der Waals surface area contributed by atoms with Crippen molar-refractivity contribution in [3.63, 3.8) is 0 Å². The Bertz CT molecular complexity index is 782. The highest BCUT2D eigenvalue weighted by atomic mass is 32.2. The molecule has 0 saturated heterocycles. The molecule has 0 aliphatic rings. The van der Waals surface area contributed by atoms with Gasteiger partial charge in [-0.3, -0.25) is 4.55 Å². The molecule has 1 N–H and O–H groups in total. The fourth-order valence-electron chi connectivity index (χ4n) is 2.21. The van der Waals surface area contributed by atoms with Crippen LogP contribution in [-0.2, 0) is 22.8 Å². The Morgan fingerprint density at radius 1 is 1.27 bits per heavy atom. The second kappa shape index (κ2) is 6.13. The summed E-state index contributed by atoms with van der Waals surface area (Å²) in [5.41, 5.74) is -0.214. The predicted molar refractivity (Wildman–Crippen MR) is 77.4 cm³/mol. The first-order chi connectivity index (χ1) is 10.1. The number of hydrogen-bond acceptors (Lipinski definition) is 3. The first kappa shape index (κ1) is 17.2. The Morgan fingerprint density at radius 2 is 1.95 bits per heavy atom. The summed E-state index contributed by atoms with van der Waals surface area (Å²) < 4.78 is 70.8. The number of alkyl halides is 3. The van der Waals surface area contributed by atoms with Crippen LogP contribution in [0.1, 0.15) is 23.4 Å². The number of rotatable bonds is 5. The Balaban J connectivity index is 2.23. The van der Waals surface area contributed by atoms with Crippen LogP contribution in [0.5, 0.6) is 0 Å². The summed E-state index contributed by atoms with van der Waals surface area (Å²) in [6, 6.07) is 3.62. The molecular formula is C13H15F3NO3S2+. The van der Waals surface area contributed by atoms with Gasteiger partial charge in [-0.15, -0.1) is 0 Å². The molecule has 1 aromatic carbocycles. The minimum atomic E-state index is -4.40. The largest absolute Gasteiger partial charge is 0.416 e. The van der Waals surface area contributed by atoms with E-state index in [9.17, 15) is 21.6 Å². The smallest absolute Gasteiger partial charge is 0.286 e. The van der Waals surface area contributed by atoms with Crippen molar-refractivity contribution in [3.05, 3.63) is 28.8 Å². The molecule has 4 nitrogen and oxygen atoms in total. The van der Waals surface area contributed by atoms with Gasteiger partial charge in [0.15, 0.2) is 0 Å². The highest BCUT2D eigenvalue weighted by Crippen LogP contribution is 2.32. The van der Waals surface area contributed by atoms with Crippen LogP contribution < -0.4 is 4.57 Å². The lowest BCUT2D eigenvalue weighted by molar-refractivity contribution is -0.673. The van der Waals surface area contributed by atoms with Crippen molar-refractivity contribution in [1.82, 2.24) is 0 Å². The second-order valence-corrected chi connectivity index (χ2v) is 7.75. The predicted octanol–water partition coefficient (Wildman–Crippen LogP) is 3.18. The highest BCUT2D eigenvalue weighted by molar-refractivity contribution is 7.85. The zero-order chi connectivity index (χ0) is 16.5. The number of thiazole rings is 1. The summed E-state index contributed by atoms with van der Waals surface area (Å²) in [6.45, 7) is 2.21. The zero-order valence-electron chi connectivity index (χ0n) is 11.7. The monoisotopic (exact) mass is 354 g/mol. The van der Waals surface area contributed by atoms with E-state index in [1.807, 2.05) is 0 Å². The Hall–Kier alpha value is -1.19. The molecule has 0 radical (unpaired) electrons. The van der Waals surface area contributed by atoms with Gasteiger partial charge in [-0.2, -0.15) is 26.2 Å². The molecule has 0 unspecified atom stereocenters. The molecule has 0 amide bonds. The van der Waals surface area contributed by atoms with Gasteiger partial charge in [0.25, 0.3) is 10.1 Å². The molecule has 1 heterocycles. The summed E-state index contributed by atoms with van der Waals surface area (Å²) in [5, 5.41) is 0.848.